The first-order valence-electron chi connectivity index (χ1n) is 5.65. The van der Waals surface area contributed by atoms with E-state index in [0.717, 1.165) is 6.07 Å². The lowest BCUT2D eigenvalue weighted by Crippen LogP contribution is -2.30. The van der Waals surface area contributed by atoms with Crippen LogP contribution in [0.1, 0.15) is 13.8 Å². The van der Waals surface area contributed by atoms with Gasteiger partial charge in [-0.15, -0.1) is 0 Å². The third kappa shape index (κ3) is 3.66. The fraction of sp³-hybridized carbons (Fsp3) is 0.500. The van der Waals surface area contributed by atoms with Crippen molar-refractivity contribution in [2.45, 2.75) is 19.9 Å². The molecule has 0 amide bonds. The number of nitrogens with zero attached hydrogens (tertiary/aromatic N) is 1. The maximum Gasteiger partial charge on any atom is 0.295 e. The van der Waals surface area contributed by atoms with Crippen molar-refractivity contribution in [2.75, 3.05) is 19.0 Å². The third-order valence-corrected chi connectivity index (χ3v) is 2.65. The zero-order chi connectivity index (χ0) is 13.7. The monoisotopic (exact) mass is 256 g/mol. The van der Waals surface area contributed by atoms with Crippen LogP contribution in [0.25, 0.3) is 0 Å². The van der Waals surface area contributed by atoms with Gasteiger partial charge in [-0.3, -0.25) is 10.1 Å². The summed E-state index contributed by atoms with van der Waals surface area (Å²) < 4.78 is 18.0. The van der Waals surface area contributed by atoms with Gasteiger partial charge in [0.1, 0.15) is 11.5 Å². The van der Waals surface area contributed by atoms with Gasteiger partial charge < -0.3 is 10.1 Å². The molecule has 5 nitrogen and oxygen atoms in total. The molecule has 1 rings (SSSR count). The maximum absolute atomic E-state index is 13.0. The van der Waals surface area contributed by atoms with Gasteiger partial charge in [0.05, 0.1) is 23.6 Å². The van der Waals surface area contributed by atoms with E-state index in [9.17, 15) is 14.5 Å². The van der Waals surface area contributed by atoms with E-state index in [4.69, 9.17) is 4.74 Å². The van der Waals surface area contributed by atoms with Crippen LogP contribution in [0, 0.1) is 21.8 Å². The lowest BCUT2D eigenvalue weighted by atomic mass is 10.0. The highest BCUT2D eigenvalue weighted by Crippen LogP contribution is 2.26. The molecule has 1 aromatic carbocycles. The molecule has 1 unspecified atom stereocenters. The molecule has 1 aromatic rings. The predicted octanol–water partition coefficient (Wildman–Crippen LogP) is 2.82. The van der Waals surface area contributed by atoms with E-state index in [-0.39, 0.29) is 17.6 Å². The summed E-state index contributed by atoms with van der Waals surface area (Å²) in [6.07, 6.45) is 0. The fourth-order valence-electron chi connectivity index (χ4n) is 1.56. The minimum atomic E-state index is -0.625. The van der Waals surface area contributed by atoms with Crippen LogP contribution >= 0.6 is 0 Å². The Bertz CT molecular complexity index is 424. The summed E-state index contributed by atoms with van der Waals surface area (Å²) in [6, 6.07) is 3.41. The van der Waals surface area contributed by atoms with Gasteiger partial charge in [0, 0.05) is 7.11 Å². The molecule has 0 fully saturated rings. The van der Waals surface area contributed by atoms with Crippen molar-refractivity contribution in [1.29, 1.82) is 0 Å². The molecule has 0 aromatic heterocycles. The Kier molecular flexibility index (Phi) is 5.03. The van der Waals surface area contributed by atoms with Crippen LogP contribution < -0.4 is 5.32 Å². The van der Waals surface area contributed by atoms with E-state index in [1.807, 2.05) is 13.8 Å². The molecule has 6 heteroatoms. The Hall–Kier alpha value is -1.69. The Morgan fingerprint density at radius 2 is 2.17 bits per heavy atom. The molecular formula is C12H17FN2O3. The summed E-state index contributed by atoms with van der Waals surface area (Å²) in [7, 11) is 1.57. The molecule has 100 valence electrons. The van der Waals surface area contributed by atoms with E-state index in [2.05, 4.69) is 5.32 Å². The smallest absolute Gasteiger partial charge is 0.295 e. The van der Waals surface area contributed by atoms with Gasteiger partial charge in [0.15, 0.2) is 0 Å². The minimum absolute atomic E-state index is 0.0702. The molecule has 0 saturated heterocycles. The standard InChI is InChI=1S/C12H17FN2O3/c1-8(2)11(7-18-3)14-10-5-4-9(13)6-12(10)15(16)17/h4-6,8,11,14H,7H2,1-3H3. The third-order valence-electron chi connectivity index (χ3n) is 2.65. The number of ether oxygens (including phenoxy) is 1. The van der Waals surface area contributed by atoms with Crippen LogP contribution in [-0.2, 0) is 4.74 Å². The van der Waals surface area contributed by atoms with E-state index < -0.39 is 10.7 Å². The van der Waals surface area contributed by atoms with Gasteiger partial charge in [0.25, 0.3) is 5.69 Å². The zero-order valence-corrected chi connectivity index (χ0v) is 10.6. The van der Waals surface area contributed by atoms with Gasteiger partial charge in [0.2, 0.25) is 0 Å². The summed E-state index contributed by atoms with van der Waals surface area (Å²) >= 11 is 0. The number of rotatable bonds is 6. The average molecular weight is 256 g/mol. The van der Waals surface area contributed by atoms with Crippen molar-refractivity contribution < 1.29 is 14.1 Å². The van der Waals surface area contributed by atoms with Gasteiger partial charge in [-0.05, 0) is 18.1 Å². The first-order chi connectivity index (χ1) is 8.45. The number of halogens is 1. The molecule has 0 radical (unpaired) electrons. The fourth-order valence-corrected chi connectivity index (χ4v) is 1.56. The highest BCUT2D eigenvalue weighted by Gasteiger charge is 2.20. The van der Waals surface area contributed by atoms with E-state index in [1.165, 1.54) is 12.1 Å². The van der Waals surface area contributed by atoms with Crippen LogP contribution in [0.2, 0.25) is 0 Å². The molecule has 0 aliphatic rings. The molecular weight excluding hydrogens is 239 g/mol. The SMILES string of the molecule is COCC(Nc1ccc(F)cc1[N+](=O)[O-])C(C)C. The summed E-state index contributed by atoms with van der Waals surface area (Å²) in [6.45, 7) is 4.38. The number of benzene rings is 1. The molecule has 18 heavy (non-hydrogen) atoms. The molecule has 0 aliphatic carbocycles. The highest BCUT2D eigenvalue weighted by molar-refractivity contribution is 5.61. The summed E-state index contributed by atoms with van der Waals surface area (Å²) in [5.41, 5.74) is 0.0360. The topological polar surface area (TPSA) is 64.4 Å². The Morgan fingerprint density at radius 1 is 1.50 bits per heavy atom. The van der Waals surface area contributed by atoms with Gasteiger partial charge >= 0.3 is 0 Å². The second-order valence-corrected chi connectivity index (χ2v) is 4.37. The molecule has 0 spiro atoms. The van der Waals surface area contributed by atoms with Crippen LogP contribution in [0.15, 0.2) is 18.2 Å². The minimum Gasteiger partial charge on any atom is -0.383 e. The zero-order valence-electron chi connectivity index (χ0n) is 10.6. The Balaban J connectivity index is 2.98. The molecule has 1 N–H and O–H groups in total. The summed E-state index contributed by atoms with van der Waals surface area (Å²) in [4.78, 5) is 10.2. The molecule has 0 saturated carbocycles. The van der Waals surface area contributed by atoms with Crippen molar-refractivity contribution in [3.05, 3.63) is 34.1 Å². The maximum atomic E-state index is 13.0. The van der Waals surface area contributed by atoms with Crippen molar-refractivity contribution in [2.24, 2.45) is 5.92 Å². The lowest BCUT2D eigenvalue weighted by Gasteiger charge is -2.22. The summed E-state index contributed by atoms with van der Waals surface area (Å²) in [5, 5.41) is 13.9. The lowest BCUT2D eigenvalue weighted by molar-refractivity contribution is -0.384. The quantitative estimate of drug-likeness (QED) is 0.628. The highest BCUT2D eigenvalue weighted by atomic mass is 19.1. The van der Waals surface area contributed by atoms with Crippen molar-refractivity contribution in [3.8, 4) is 0 Å². The second-order valence-electron chi connectivity index (χ2n) is 4.37. The average Bonchev–Trinajstić information content (AvgIpc) is 2.30. The summed E-state index contributed by atoms with van der Waals surface area (Å²) in [5.74, 6) is -0.394. The second kappa shape index (κ2) is 6.30. The normalized spacial score (nSPS) is 12.5. The van der Waals surface area contributed by atoms with Gasteiger partial charge in [-0.25, -0.2) is 4.39 Å². The Labute approximate surface area is 105 Å². The molecule has 1 atom stereocenters. The van der Waals surface area contributed by atoms with Crippen molar-refractivity contribution in [1.82, 2.24) is 0 Å². The number of hydrogen-bond donors (Lipinski definition) is 1. The number of anilines is 1. The van der Waals surface area contributed by atoms with Crippen molar-refractivity contribution >= 4 is 11.4 Å². The Morgan fingerprint density at radius 3 is 2.67 bits per heavy atom. The van der Waals surface area contributed by atoms with Crippen LogP contribution in [0.5, 0.6) is 0 Å². The van der Waals surface area contributed by atoms with Crippen LogP contribution in [0.3, 0.4) is 0 Å². The number of nitrogens with one attached hydrogen (secondary N) is 1. The first kappa shape index (κ1) is 14.4. The van der Waals surface area contributed by atoms with Crippen LogP contribution in [0.4, 0.5) is 15.8 Å². The van der Waals surface area contributed by atoms with E-state index in [0.29, 0.717) is 12.3 Å². The molecule has 0 heterocycles. The molecule has 0 bridgehead atoms. The van der Waals surface area contributed by atoms with Gasteiger partial charge in [-0.1, -0.05) is 13.8 Å². The number of nitro benzene ring substituents is 1. The number of nitro groups is 1. The van der Waals surface area contributed by atoms with E-state index >= 15 is 0 Å². The van der Waals surface area contributed by atoms with Crippen LogP contribution in [-0.4, -0.2) is 24.7 Å². The largest absolute Gasteiger partial charge is 0.383 e. The first-order valence-corrected chi connectivity index (χ1v) is 5.65. The number of methoxy groups -OCH3 is 1. The number of hydrogen-bond acceptors (Lipinski definition) is 4. The van der Waals surface area contributed by atoms with E-state index in [1.54, 1.807) is 7.11 Å². The van der Waals surface area contributed by atoms with Gasteiger partial charge in [-0.2, -0.15) is 0 Å². The predicted molar refractivity (Wildman–Crippen MR) is 67.2 cm³/mol. The molecule has 0 aliphatic heterocycles. The van der Waals surface area contributed by atoms with Crippen molar-refractivity contribution in [3.63, 3.8) is 0 Å².